The minimum atomic E-state index is 0.183. The first-order valence-corrected chi connectivity index (χ1v) is 6.79. The molecule has 0 aliphatic rings. The molecule has 2 aromatic heterocycles. The van der Waals surface area contributed by atoms with Crippen LogP contribution in [0.25, 0.3) is 0 Å². The first kappa shape index (κ1) is 12.1. The van der Waals surface area contributed by atoms with Crippen molar-refractivity contribution in [2.24, 2.45) is 0 Å². The number of thioether (sulfide) groups is 1. The zero-order valence-electron chi connectivity index (χ0n) is 9.54. The summed E-state index contributed by atoms with van der Waals surface area (Å²) in [7, 11) is 0. The van der Waals surface area contributed by atoms with E-state index in [-0.39, 0.29) is 5.25 Å². The Hall–Kier alpha value is -1.34. The Morgan fingerprint density at radius 1 is 1.29 bits per heavy atom. The Balaban J connectivity index is 2.18. The van der Waals surface area contributed by atoms with Crippen molar-refractivity contribution in [2.45, 2.75) is 24.3 Å². The van der Waals surface area contributed by atoms with E-state index in [4.69, 9.17) is 11.5 Å². The first-order valence-electron chi connectivity index (χ1n) is 5.03. The number of aromatic nitrogens is 3. The number of nitrogen functional groups attached to an aromatic ring is 2. The highest BCUT2D eigenvalue weighted by Crippen LogP contribution is 2.35. The maximum Gasteiger partial charge on any atom is 0.192 e. The van der Waals surface area contributed by atoms with Crippen LogP contribution in [0.4, 0.5) is 11.6 Å². The van der Waals surface area contributed by atoms with Crippen molar-refractivity contribution in [2.75, 3.05) is 11.5 Å². The maximum absolute atomic E-state index is 5.63. The summed E-state index contributed by atoms with van der Waals surface area (Å²) >= 11 is 3.14. The molecule has 4 N–H and O–H groups in total. The molecule has 5 nitrogen and oxygen atoms in total. The number of nitrogens with zero attached hydrogens (tertiary/aromatic N) is 3. The highest BCUT2D eigenvalue weighted by molar-refractivity contribution is 7.99. The summed E-state index contributed by atoms with van der Waals surface area (Å²) in [4.78, 5) is 13.8. The summed E-state index contributed by atoms with van der Waals surface area (Å²) in [6.07, 6.45) is 0. The number of nitrogens with two attached hydrogens (primary N) is 2. The Morgan fingerprint density at radius 2 is 1.94 bits per heavy atom. The Labute approximate surface area is 108 Å². The van der Waals surface area contributed by atoms with E-state index in [0.29, 0.717) is 16.8 Å². The van der Waals surface area contributed by atoms with Crippen molar-refractivity contribution in [3.05, 3.63) is 22.1 Å². The van der Waals surface area contributed by atoms with Gasteiger partial charge in [0.2, 0.25) is 0 Å². The number of anilines is 2. The van der Waals surface area contributed by atoms with Crippen LogP contribution in [0.2, 0.25) is 0 Å². The molecule has 0 spiro atoms. The molecule has 1 unspecified atom stereocenters. The molecular weight excluding hydrogens is 254 g/mol. The molecule has 90 valence electrons. The second-order valence-corrected chi connectivity index (χ2v) is 5.92. The maximum atomic E-state index is 5.63. The predicted molar refractivity (Wildman–Crippen MR) is 72.0 cm³/mol. The molecule has 2 aromatic rings. The molecule has 0 radical (unpaired) electrons. The molecule has 0 aromatic carbocycles. The van der Waals surface area contributed by atoms with Gasteiger partial charge in [-0.3, -0.25) is 0 Å². The topological polar surface area (TPSA) is 90.7 Å². The summed E-state index contributed by atoms with van der Waals surface area (Å²) < 4.78 is 0. The van der Waals surface area contributed by atoms with Crippen molar-refractivity contribution in [1.82, 2.24) is 15.0 Å². The normalized spacial score (nSPS) is 12.6. The van der Waals surface area contributed by atoms with Gasteiger partial charge < -0.3 is 11.5 Å². The van der Waals surface area contributed by atoms with E-state index >= 15 is 0 Å². The van der Waals surface area contributed by atoms with Gasteiger partial charge in [-0.25, -0.2) is 15.0 Å². The zero-order valence-corrected chi connectivity index (χ0v) is 11.2. The molecular formula is C10H13N5S2. The first-order chi connectivity index (χ1) is 8.06. The Bertz CT molecular complexity index is 505. The number of hydrogen-bond acceptors (Lipinski definition) is 7. The minimum absolute atomic E-state index is 0.183. The van der Waals surface area contributed by atoms with Crippen LogP contribution >= 0.6 is 23.1 Å². The third-order valence-corrected chi connectivity index (χ3v) is 3.94. The van der Waals surface area contributed by atoms with Crippen LogP contribution in [0.5, 0.6) is 0 Å². The quantitative estimate of drug-likeness (QED) is 0.655. The van der Waals surface area contributed by atoms with Crippen molar-refractivity contribution in [3.63, 3.8) is 0 Å². The van der Waals surface area contributed by atoms with Crippen LogP contribution in [0.15, 0.2) is 16.7 Å². The van der Waals surface area contributed by atoms with Gasteiger partial charge in [-0.2, -0.15) is 0 Å². The molecule has 0 fully saturated rings. The fourth-order valence-corrected chi connectivity index (χ4v) is 3.16. The highest BCUT2D eigenvalue weighted by Gasteiger charge is 2.14. The molecule has 7 heteroatoms. The molecule has 17 heavy (non-hydrogen) atoms. The van der Waals surface area contributed by atoms with E-state index in [1.165, 1.54) is 16.6 Å². The fraction of sp³-hybridized carbons (Fsp3) is 0.300. The fourth-order valence-electron chi connectivity index (χ4n) is 1.43. The molecule has 1 atom stereocenters. The second-order valence-electron chi connectivity index (χ2n) is 3.55. The van der Waals surface area contributed by atoms with Gasteiger partial charge in [-0.1, -0.05) is 11.8 Å². The van der Waals surface area contributed by atoms with Crippen LogP contribution in [0, 0.1) is 6.92 Å². The van der Waals surface area contributed by atoms with Crippen molar-refractivity contribution < 1.29 is 0 Å². The number of rotatable bonds is 3. The van der Waals surface area contributed by atoms with Crippen molar-refractivity contribution in [3.8, 4) is 0 Å². The summed E-state index contributed by atoms with van der Waals surface area (Å²) in [5.41, 5.74) is 14.2. The van der Waals surface area contributed by atoms with Crippen LogP contribution in [-0.2, 0) is 0 Å². The highest BCUT2D eigenvalue weighted by atomic mass is 32.2. The van der Waals surface area contributed by atoms with Gasteiger partial charge in [-0.15, -0.1) is 11.3 Å². The largest absolute Gasteiger partial charge is 0.383 e. The second kappa shape index (κ2) is 4.89. The lowest BCUT2D eigenvalue weighted by atomic mass is 10.3. The average molecular weight is 267 g/mol. The van der Waals surface area contributed by atoms with E-state index in [9.17, 15) is 0 Å². The molecule has 0 saturated carbocycles. The smallest absolute Gasteiger partial charge is 0.192 e. The molecule has 0 aliphatic heterocycles. The van der Waals surface area contributed by atoms with Crippen molar-refractivity contribution >= 4 is 34.7 Å². The van der Waals surface area contributed by atoms with E-state index in [1.807, 2.05) is 5.51 Å². The molecule has 2 heterocycles. The summed E-state index contributed by atoms with van der Waals surface area (Å²) in [6, 6.07) is 1.54. The monoisotopic (exact) mass is 267 g/mol. The SMILES string of the molecule is Cc1scnc1C(C)Sc1nc(N)cc(N)n1. The Morgan fingerprint density at radius 3 is 2.47 bits per heavy atom. The standard InChI is InChI=1S/C10H13N5S2/c1-5-9(13-4-16-5)6(2)17-10-14-7(11)3-8(12)15-10/h3-4,6H,1-2H3,(H4,11,12,14,15). The van der Waals surface area contributed by atoms with Crippen LogP contribution in [0.1, 0.15) is 22.7 Å². The Kier molecular flexibility index (Phi) is 3.49. The number of aryl methyl sites for hydroxylation is 1. The average Bonchev–Trinajstić information content (AvgIpc) is 2.62. The van der Waals surface area contributed by atoms with Crippen LogP contribution in [-0.4, -0.2) is 15.0 Å². The minimum Gasteiger partial charge on any atom is -0.383 e. The summed E-state index contributed by atoms with van der Waals surface area (Å²) in [6.45, 7) is 4.12. The zero-order chi connectivity index (χ0) is 12.4. The third kappa shape index (κ3) is 2.86. The van der Waals surface area contributed by atoms with E-state index in [0.717, 1.165) is 5.69 Å². The van der Waals surface area contributed by atoms with Gasteiger partial charge in [0.15, 0.2) is 5.16 Å². The lowest BCUT2D eigenvalue weighted by molar-refractivity contribution is 0.952. The van der Waals surface area contributed by atoms with Gasteiger partial charge in [-0.05, 0) is 13.8 Å². The van der Waals surface area contributed by atoms with Gasteiger partial charge in [0.25, 0.3) is 0 Å². The number of hydrogen-bond donors (Lipinski definition) is 2. The lowest BCUT2D eigenvalue weighted by Crippen LogP contribution is -2.00. The van der Waals surface area contributed by atoms with E-state index in [2.05, 4.69) is 28.8 Å². The molecule has 0 aliphatic carbocycles. The summed E-state index contributed by atoms with van der Waals surface area (Å²) in [5.74, 6) is 0.782. The summed E-state index contributed by atoms with van der Waals surface area (Å²) in [5, 5.41) is 0.768. The molecule has 2 rings (SSSR count). The third-order valence-electron chi connectivity index (χ3n) is 2.19. The predicted octanol–water partition coefficient (Wildman–Crippen LogP) is 2.26. The van der Waals surface area contributed by atoms with Crippen molar-refractivity contribution in [1.29, 1.82) is 0 Å². The number of thiazole rings is 1. The van der Waals surface area contributed by atoms with Crippen LogP contribution < -0.4 is 11.5 Å². The molecule has 0 bridgehead atoms. The van der Waals surface area contributed by atoms with E-state index in [1.54, 1.807) is 17.4 Å². The van der Waals surface area contributed by atoms with Crippen LogP contribution in [0.3, 0.4) is 0 Å². The molecule has 0 amide bonds. The lowest BCUT2D eigenvalue weighted by Gasteiger charge is -2.09. The van der Waals surface area contributed by atoms with E-state index < -0.39 is 0 Å². The molecule has 0 saturated heterocycles. The van der Waals surface area contributed by atoms with Gasteiger partial charge in [0.05, 0.1) is 16.5 Å². The van der Waals surface area contributed by atoms with Gasteiger partial charge in [0.1, 0.15) is 11.6 Å². The van der Waals surface area contributed by atoms with Gasteiger partial charge >= 0.3 is 0 Å². The van der Waals surface area contributed by atoms with Gasteiger partial charge in [0, 0.05) is 10.9 Å².